The number of rotatable bonds is 33. The first-order valence-corrected chi connectivity index (χ1v) is 23.3. The van der Waals surface area contributed by atoms with Gasteiger partial charge in [-0.1, -0.05) is 189 Å². The Bertz CT molecular complexity index is 533. The van der Waals surface area contributed by atoms with E-state index in [0.717, 1.165) is 38.5 Å². The van der Waals surface area contributed by atoms with Crippen LogP contribution in [-0.2, 0) is 30.5 Å². The molecule has 0 saturated carbocycles. The molecule has 0 bridgehead atoms. The van der Waals surface area contributed by atoms with Crippen LogP contribution in [-0.4, -0.2) is 18.5 Å². The fourth-order valence-electron chi connectivity index (χ4n) is 5.19. The van der Waals surface area contributed by atoms with Gasteiger partial charge in [0.1, 0.15) is 18.5 Å². The third-order valence-corrected chi connectivity index (χ3v) is 10.1. The van der Waals surface area contributed by atoms with Gasteiger partial charge >= 0.3 is 40.9 Å². The molecular weight excluding hydrogens is 680 g/mol. The summed E-state index contributed by atoms with van der Waals surface area (Å²) in [4.78, 5) is 30.8. The summed E-state index contributed by atoms with van der Waals surface area (Å²) in [6.07, 6.45) is 38.8. The molecule has 0 aromatic carbocycles. The third kappa shape index (κ3) is 63.4. The van der Waals surface area contributed by atoms with Crippen LogP contribution in [0.4, 0.5) is 0 Å². The Morgan fingerprint density at radius 3 is 0.543 bits per heavy atom. The van der Waals surface area contributed by atoms with Crippen molar-refractivity contribution < 1.29 is 45.2 Å². The molecule has 0 aromatic rings. The van der Waals surface area contributed by atoms with Gasteiger partial charge in [-0.3, -0.25) is 0 Å². The molecule has 10 heteroatoms. The molecule has 0 saturated heterocycles. The van der Waals surface area contributed by atoms with E-state index in [0.29, 0.717) is 18.5 Å². The Kier molecular flexibility index (Phi) is 58.2. The van der Waals surface area contributed by atoms with Crippen LogP contribution in [0.5, 0.6) is 0 Å². The van der Waals surface area contributed by atoms with E-state index in [1.54, 1.807) is 0 Å². The van der Waals surface area contributed by atoms with Gasteiger partial charge in [0.15, 0.2) is 0 Å². The van der Waals surface area contributed by atoms with Crippen molar-refractivity contribution >= 4 is 24.1 Å². The van der Waals surface area contributed by atoms with Crippen LogP contribution in [0.3, 0.4) is 0 Å². The standard InChI is InChI=1S/3C12H25O2P.Co/c3*1-2-3-4-5-6-7-8-9-10-11-12-15(13)14;/h3*2-12H2,1H3;/q;;;+3. The fourth-order valence-corrected chi connectivity index (χ4v) is 6.63. The number of unbranched alkanes of at least 4 members (excludes halogenated alkanes) is 27. The topological polar surface area (TPSA) is 120 Å². The van der Waals surface area contributed by atoms with Crippen LogP contribution in [0.15, 0.2) is 0 Å². The smallest absolute Gasteiger partial charge is 0.596 e. The van der Waals surface area contributed by atoms with Crippen molar-refractivity contribution in [2.45, 2.75) is 213 Å². The maximum absolute atomic E-state index is 10.3. The van der Waals surface area contributed by atoms with Gasteiger partial charge in [0, 0.05) is 0 Å². The maximum Gasteiger partial charge on any atom is 3.00 e. The Labute approximate surface area is 300 Å². The van der Waals surface area contributed by atoms with Gasteiger partial charge in [-0.25, -0.2) is 0 Å². The molecule has 276 valence electrons. The van der Waals surface area contributed by atoms with E-state index >= 15 is 0 Å². The minimum absolute atomic E-state index is 0. The molecule has 0 aliphatic rings. The first-order valence-electron chi connectivity index (χ1n) is 19.2. The zero-order valence-electron chi connectivity index (χ0n) is 30.5. The Balaban J connectivity index is -0.000000285. The van der Waals surface area contributed by atoms with E-state index in [9.17, 15) is 28.4 Å². The first kappa shape index (κ1) is 53.5. The maximum atomic E-state index is 10.3. The molecule has 0 rings (SSSR count). The second kappa shape index (κ2) is 50.1. The molecule has 6 nitrogen and oxygen atoms in total. The van der Waals surface area contributed by atoms with Gasteiger partial charge in [0.25, 0.3) is 0 Å². The number of hydrogen-bond acceptors (Lipinski definition) is 6. The van der Waals surface area contributed by atoms with Crippen LogP contribution in [0.25, 0.3) is 0 Å². The molecule has 0 aromatic heterocycles. The van der Waals surface area contributed by atoms with Gasteiger partial charge in [0.2, 0.25) is 0 Å². The summed E-state index contributed by atoms with van der Waals surface area (Å²) in [5.74, 6) is 0. The average Bonchev–Trinajstić information content (AvgIpc) is 3.00. The summed E-state index contributed by atoms with van der Waals surface area (Å²) in [7, 11) is -6.41. The molecule has 0 amide bonds. The first-order chi connectivity index (χ1) is 21.8. The normalized spacial score (nSPS) is 11.5. The number of hydrogen-bond donors (Lipinski definition) is 0. The SMILES string of the molecule is CCCCCCCCCCCC[P+](=O)[O-].CCCCCCCCCCCC[P+](=O)[O-].CCCCCCCCCCCC[P+](=O)[O-].[Co+3]. The molecule has 0 aliphatic carbocycles. The summed E-state index contributed by atoms with van der Waals surface area (Å²) in [6.45, 7) is 6.71. The van der Waals surface area contributed by atoms with Gasteiger partial charge in [-0.05, 0) is 38.5 Å². The molecule has 0 aliphatic heterocycles. The molecule has 0 fully saturated rings. The Hall–Kier alpha value is 0.686. The van der Waals surface area contributed by atoms with Crippen LogP contribution >= 0.6 is 24.1 Å². The van der Waals surface area contributed by atoms with Crippen molar-refractivity contribution in [1.29, 1.82) is 0 Å². The predicted molar refractivity (Wildman–Crippen MR) is 193 cm³/mol. The second-order valence-corrected chi connectivity index (χ2v) is 16.1. The van der Waals surface area contributed by atoms with Crippen LogP contribution in [0.1, 0.15) is 213 Å². The monoisotopic (exact) mass is 755 g/mol. The van der Waals surface area contributed by atoms with E-state index in [1.807, 2.05) is 0 Å². The summed E-state index contributed by atoms with van der Waals surface area (Å²) in [5.41, 5.74) is 0. The molecule has 0 radical (unpaired) electrons. The van der Waals surface area contributed by atoms with Crippen LogP contribution < -0.4 is 14.7 Å². The van der Waals surface area contributed by atoms with E-state index in [1.165, 1.54) is 154 Å². The Morgan fingerprint density at radius 1 is 0.283 bits per heavy atom. The summed E-state index contributed by atoms with van der Waals surface area (Å²) < 4.78 is 30.8. The van der Waals surface area contributed by atoms with Crippen molar-refractivity contribution in [3.05, 3.63) is 0 Å². The zero-order valence-corrected chi connectivity index (χ0v) is 34.2. The van der Waals surface area contributed by atoms with Crippen molar-refractivity contribution in [2.24, 2.45) is 0 Å². The summed E-state index contributed by atoms with van der Waals surface area (Å²) in [6, 6.07) is 0. The molecule has 3 atom stereocenters. The molecule has 46 heavy (non-hydrogen) atoms. The fraction of sp³-hybridized carbons (Fsp3) is 1.00. The van der Waals surface area contributed by atoms with E-state index < -0.39 is 24.1 Å². The van der Waals surface area contributed by atoms with Crippen molar-refractivity contribution in [1.82, 2.24) is 0 Å². The van der Waals surface area contributed by atoms with Crippen molar-refractivity contribution in [3.63, 3.8) is 0 Å². The quantitative estimate of drug-likeness (QED) is 0.0486. The zero-order chi connectivity index (χ0) is 34.1. The molecule has 0 heterocycles. The predicted octanol–water partition coefficient (Wildman–Crippen LogP) is 12.0. The summed E-state index contributed by atoms with van der Waals surface area (Å²) in [5, 5.41) is 0. The molecular formula is C36H75CoO6P3+3. The van der Waals surface area contributed by atoms with E-state index in [-0.39, 0.29) is 16.8 Å². The Morgan fingerprint density at radius 2 is 0.413 bits per heavy atom. The van der Waals surface area contributed by atoms with Crippen LogP contribution in [0.2, 0.25) is 0 Å². The van der Waals surface area contributed by atoms with Crippen LogP contribution in [0, 0.1) is 0 Å². The van der Waals surface area contributed by atoms with E-state index in [2.05, 4.69) is 20.8 Å². The largest absolute Gasteiger partial charge is 3.00 e. The average molecular weight is 756 g/mol. The second-order valence-electron chi connectivity index (χ2n) is 12.7. The molecule has 0 spiro atoms. The van der Waals surface area contributed by atoms with Gasteiger partial charge in [0.05, 0.1) is 0 Å². The minimum Gasteiger partial charge on any atom is -0.596 e. The van der Waals surface area contributed by atoms with Crippen molar-refractivity contribution in [2.75, 3.05) is 18.5 Å². The van der Waals surface area contributed by atoms with Gasteiger partial charge in [-0.2, -0.15) is 0 Å². The minimum atomic E-state index is -2.14. The van der Waals surface area contributed by atoms with Gasteiger partial charge in [-0.15, -0.1) is 0 Å². The summed E-state index contributed by atoms with van der Waals surface area (Å²) >= 11 is 0. The molecule has 0 N–H and O–H groups in total. The van der Waals surface area contributed by atoms with E-state index in [4.69, 9.17) is 0 Å². The van der Waals surface area contributed by atoms with Gasteiger partial charge < -0.3 is 14.7 Å². The third-order valence-electron chi connectivity index (χ3n) is 8.08. The molecule has 3 unspecified atom stereocenters. The van der Waals surface area contributed by atoms with Crippen molar-refractivity contribution in [3.8, 4) is 0 Å².